The molecule has 0 radical (unpaired) electrons. The van der Waals surface area contributed by atoms with Gasteiger partial charge < -0.3 is 5.32 Å². The van der Waals surface area contributed by atoms with E-state index < -0.39 is 0 Å². The first-order valence-corrected chi connectivity index (χ1v) is 8.27. The van der Waals surface area contributed by atoms with Crippen molar-refractivity contribution in [3.63, 3.8) is 0 Å². The van der Waals surface area contributed by atoms with E-state index in [1.807, 2.05) is 0 Å². The Morgan fingerprint density at radius 3 is 2.19 bits per heavy atom. The molecular formula is C19H24BrN. The van der Waals surface area contributed by atoms with Crippen LogP contribution in [0, 0.1) is 5.41 Å². The smallest absolute Gasteiger partial charge is 0.0328 e. The lowest BCUT2D eigenvalue weighted by Gasteiger charge is -2.27. The Balaban J connectivity index is 2.11. The summed E-state index contributed by atoms with van der Waals surface area (Å²) in [5.74, 6) is 0. The van der Waals surface area contributed by atoms with Crippen LogP contribution in [0.4, 0.5) is 0 Å². The van der Waals surface area contributed by atoms with Gasteiger partial charge >= 0.3 is 0 Å². The van der Waals surface area contributed by atoms with Gasteiger partial charge in [0.2, 0.25) is 0 Å². The molecule has 0 aromatic heterocycles. The molecule has 0 aliphatic carbocycles. The third-order valence-corrected chi connectivity index (χ3v) is 4.29. The van der Waals surface area contributed by atoms with Crippen molar-refractivity contribution in [2.45, 2.75) is 39.8 Å². The Labute approximate surface area is 136 Å². The Bertz CT molecular complexity index is 557. The third-order valence-electron chi connectivity index (χ3n) is 3.52. The molecule has 1 atom stereocenters. The minimum absolute atomic E-state index is 0.293. The fourth-order valence-corrected chi connectivity index (χ4v) is 2.91. The van der Waals surface area contributed by atoms with Crippen LogP contribution in [-0.2, 0) is 6.54 Å². The topological polar surface area (TPSA) is 12.0 Å². The fourth-order valence-electron chi connectivity index (χ4n) is 2.48. The SMILES string of the molecule is CC(C)(C)CC(NCc1ccccc1Br)c1ccccc1. The molecule has 112 valence electrons. The van der Waals surface area contributed by atoms with Gasteiger partial charge in [-0.1, -0.05) is 85.2 Å². The molecule has 1 unspecified atom stereocenters. The molecule has 1 nitrogen and oxygen atoms in total. The Morgan fingerprint density at radius 1 is 0.952 bits per heavy atom. The molecule has 2 aromatic carbocycles. The van der Waals surface area contributed by atoms with Gasteiger partial charge in [0.25, 0.3) is 0 Å². The normalized spacial score (nSPS) is 13.1. The average molecular weight is 346 g/mol. The van der Waals surface area contributed by atoms with Gasteiger partial charge in [0.15, 0.2) is 0 Å². The first kappa shape index (κ1) is 16.3. The molecule has 2 heteroatoms. The Morgan fingerprint density at radius 2 is 1.57 bits per heavy atom. The van der Waals surface area contributed by atoms with Gasteiger partial charge in [0.1, 0.15) is 0 Å². The molecule has 1 N–H and O–H groups in total. The van der Waals surface area contributed by atoms with Gasteiger partial charge in [-0.2, -0.15) is 0 Å². The lowest BCUT2D eigenvalue weighted by molar-refractivity contribution is 0.310. The Hall–Kier alpha value is -1.12. The average Bonchev–Trinajstić information content (AvgIpc) is 2.45. The lowest BCUT2D eigenvalue weighted by atomic mass is 9.85. The van der Waals surface area contributed by atoms with E-state index in [-0.39, 0.29) is 0 Å². The summed E-state index contributed by atoms with van der Waals surface area (Å²) >= 11 is 3.62. The van der Waals surface area contributed by atoms with E-state index in [0.717, 1.165) is 13.0 Å². The van der Waals surface area contributed by atoms with Gasteiger partial charge in [-0.3, -0.25) is 0 Å². The fraction of sp³-hybridized carbons (Fsp3) is 0.368. The summed E-state index contributed by atoms with van der Waals surface area (Å²) in [5, 5.41) is 3.72. The van der Waals surface area contributed by atoms with Crippen LogP contribution in [0.15, 0.2) is 59.1 Å². The summed E-state index contributed by atoms with van der Waals surface area (Å²) < 4.78 is 1.17. The van der Waals surface area contributed by atoms with Crippen LogP contribution >= 0.6 is 15.9 Å². The van der Waals surface area contributed by atoms with Crippen molar-refractivity contribution in [3.05, 3.63) is 70.2 Å². The molecule has 21 heavy (non-hydrogen) atoms. The molecule has 0 amide bonds. The highest BCUT2D eigenvalue weighted by Gasteiger charge is 2.19. The Kier molecular flexibility index (Phi) is 5.60. The van der Waals surface area contributed by atoms with Crippen molar-refractivity contribution < 1.29 is 0 Å². The molecule has 0 spiro atoms. The van der Waals surface area contributed by atoms with E-state index in [1.54, 1.807) is 0 Å². The summed E-state index contributed by atoms with van der Waals surface area (Å²) in [7, 11) is 0. The molecule has 0 bridgehead atoms. The number of rotatable bonds is 5. The second-order valence-electron chi connectivity index (χ2n) is 6.70. The first-order chi connectivity index (χ1) is 9.96. The van der Waals surface area contributed by atoms with Crippen molar-refractivity contribution in [3.8, 4) is 0 Å². The van der Waals surface area contributed by atoms with Gasteiger partial charge in [-0.15, -0.1) is 0 Å². The van der Waals surface area contributed by atoms with E-state index in [9.17, 15) is 0 Å². The second kappa shape index (κ2) is 7.24. The minimum atomic E-state index is 0.293. The van der Waals surface area contributed by atoms with E-state index >= 15 is 0 Å². The molecule has 2 rings (SSSR count). The molecular weight excluding hydrogens is 322 g/mol. The second-order valence-corrected chi connectivity index (χ2v) is 7.55. The summed E-state index contributed by atoms with van der Waals surface area (Å²) in [5.41, 5.74) is 2.95. The van der Waals surface area contributed by atoms with Gasteiger partial charge in [-0.25, -0.2) is 0 Å². The standard InChI is InChI=1S/C19H24BrN/c1-19(2,3)13-18(15-9-5-4-6-10-15)21-14-16-11-7-8-12-17(16)20/h4-12,18,21H,13-14H2,1-3H3. The van der Waals surface area contributed by atoms with E-state index in [2.05, 4.69) is 96.6 Å². The number of hydrogen-bond donors (Lipinski definition) is 1. The zero-order chi connectivity index (χ0) is 15.3. The van der Waals surface area contributed by atoms with E-state index in [0.29, 0.717) is 11.5 Å². The van der Waals surface area contributed by atoms with Crippen molar-refractivity contribution in [1.82, 2.24) is 5.32 Å². The van der Waals surface area contributed by atoms with Crippen LogP contribution in [0.25, 0.3) is 0 Å². The minimum Gasteiger partial charge on any atom is -0.306 e. The van der Waals surface area contributed by atoms with Crippen LogP contribution in [-0.4, -0.2) is 0 Å². The molecule has 0 saturated heterocycles. The zero-order valence-corrected chi connectivity index (χ0v) is 14.7. The number of hydrogen-bond acceptors (Lipinski definition) is 1. The van der Waals surface area contributed by atoms with Crippen LogP contribution < -0.4 is 5.32 Å². The highest BCUT2D eigenvalue weighted by Crippen LogP contribution is 2.30. The van der Waals surface area contributed by atoms with Gasteiger partial charge in [0, 0.05) is 17.1 Å². The zero-order valence-electron chi connectivity index (χ0n) is 13.1. The first-order valence-electron chi connectivity index (χ1n) is 7.47. The van der Waals surface area contributed by atoms with Crippen LogP contribution in [0.3, 0.4) is 0 Å². The molecule has 0 fully saturated rings. The predicted octanol–water partition coefficient (Wildman–Crippen LogP) is 5.72. The maximum atomic E-state index is 3.72. The van der Waals surface area contributed by atoms with Crippen molar-refractivity contribution in [1.29, 1.82) is 0 Å². The predicted molar refractivity (Wildman–Crippen MR) is 94.2 cm³/mol. The summed E-state index contributed by atoms with van der Waals surface area (Å²) in [6.45, 7) is 7.76. The number of halogens is 1. The molecule has 0 saturated carbocycles. The highest BCUT2D eigenvalue weighted by atomic mass is 79.9. The van der Waals surface area contributed by atoms with E-state index in [4.69, 9.17) is 0 Å². The van der Waals surface area contributed by atoms with Crippen LogP contribution in [0.5, 0.6) is 0 Å². The highest BCUT2D eigenvalue weighted by molar-refractivity contribution is 9.10. The molecule has 0 aliphatic rings. The van der Waals surface area contributed by atoms with Crippen LogP contribution in [0.2, 0.25) is 0 Å². The quantitative estimate of drug-likeness (QED) is 0.730. The van der Waals surface area contributed by atoms with Gasteiger partial charge in [-0.05, 0) is 29.0 Å². The molecule has 2 aromatic rings. The third kappa shape index (κ3) is 5.29. The number of nitrogens with one attached hydrogen (secondary N) is 1. The summed E-state index contributed by atoms with van der Waals surface area (Å²) in [6.07, 6.45) is 1.11. The largest absolute Gasteiger partial charge is 0.306 e. The van der Waals surface area contributed by atoms with Crippen molar-refractivity contribution in [2.75, 3.05) is 0 Å². The lowest BCUT2D eigenvalue weighted by Crippen LogP contribution is -2.25. The van der Waals surface area contributed by atoms with Crippen molar-refractivity contribution in [2.24, 2.45) is 5.41 Å². The maximum absolute atomic E-state index is 3.72. The molecule has 0 aliphatic heterocycles. The van der Waals surface area contributed by atoms with Crippen molar-refractivity contribution >= 4 is 15.9 Å². The summed E-state index contributed by atoms with van der Waals surface area (Å²) in [4.78, 5) is 0. The maximum Gasteiger partial charge on any atom is 0.0328 e. The number of benzene rings is 2. The van der Waals surface area contributed by atoms with Crippen LogP contribution in [0.1, 0.15) is 44.4 Å². The molecule has 0 heterocycles. The van der Waals surface area contributed by atoms with Gasteiger partial charge in [0.05, 0.1) is 0 Å². The monoisotopic (exact) mass is 345 g/mol. The van der Waals surface area contributed by atoms with E-state index in [1.165, 1.54) is 15.6 Å². The summed E-state index contributed by atoms with van der Waals surface area (Å²) in [6, 6.07) is 19.5.